The first-order valence-corrected chi connectivity index (χ1v) is 6.81. The summed E-state index contributed by atoms with van der Waals surface area (Å²) < 4.78 is 0. The van der Waals surface area contributed by atoms with Crippen molar-refractivity contribution in [2.45, 2.75) is 19.3 Å². The van der Waals surface area contributed by atoms with E-state index in [2.05, 4.69) is 10.2 Å². The SMILES string of the molecule is NC(=O)C1CCN(c2cc3c(cc2N)NC(=O)CC3)C1. The molecule has 6 nitrogen and oxygen atoms in total. The minimum atomic E-state index is -0.253. The molecular formula is C14H18N4O2. The van der Waals surface area contributed by atoms with E-state index in [0.29, 0.717) is 18.7 Å². The van der Waals surface area contributed by atoms with Gasteiger partial charge in [0, 0.05) is 25.2 Å². The lowest BCUT2D eigenvalue weighted by molar-refractivity contribution is -0.121. The predicted molar refractivity (Wildman–Crippen MR) is 77.3 cm³/mol. The van der Waals surface area contributed by atoms with Crippen LogP contribution in [0.1, 0.15) is 18.4 Å². The van der Waals surface area contributed by atoms with Crippen LogP contribution in [0.4, 0.5) is 17.1 Å². The number of fused-ring (bicyclic) bond motifs is 1. The van der Waals surface area contributed by atoms with Crippen LogP contribution < -0.4 is 21.7 Å². The van der Waals surface area contributed by atoms with Gasteiger partial charge in [0.1, 0.15) is 0 Å². The number of nitrogens with zero attached hydrogens (tertiary/aromatic N) is 1. The maximum atomic E-state index is 11.4. The number of aryl methyl sites for hydroxylation is 1. The Labute approximate surface area is 117 Å². The summed E-state index contributed by atoms with van der Waals surface area (Å²) in [4.78, 5) is 24.7. The fraction of sp³-hybridized carbons (Fsp3) is 0.429. The minimum Gasteiger partial charge on any atom is -0.397 e. The molecule has 2 amide bonds. The lowest BCUT2D eigenvalue weighted by Gasteiger charge is -2.24. The van der Waals surface area contributed by atoms with E-state index in [9.17, 15) is 9.59 Å². The second-order valence-electron chi connectivity index (χ2n) is 5.45. The molecule has 5 N–H and O–H groups in total. The largest absolute Gasteiger partial charge is 0.397 e. The van der Waals surface area contributed by atoms with Crippen molar-refractivity contribution in [3.8, 4) is 0 Å². The van der Waals surface area contributed by atoms with Gasteiger partial charge in [-0.3, -0.25) is 9.59 Å². The fourth-order valence-corrected chi connectivity index (χ4v) is 2.92. The fourth-order valence-electron chi connectivity index (χ4n) is 2.92. The summed E-state index contributed by atoms with van der Waals surface area (Å²) in [5.41, 5.74) is 14.9. The van der Waals surface area contributed by atoms with Gasteiger partial charge in [-0.1, -0.05) is 0 Å². The summed E-state index contributed by atoms with van der Waals surface area (Å²) in [5, 5.41) is 2.83. The first kappa shape index (κ1) is 12.8. The minimum absolute atomic E-state index is 0.0274. The van der Waals surface area contributed by atoms with Gasteiger partial charge >= 0.3 is 0 Å². The van der Waals surface area contributed by atoms with E-state index in [1.165, 1.54) is 0 Å². The number of carbonyl (C=O) groups is 2. The van der Waals surface area contributed by atoms with Gasteiger partial charge in [-0.05, 0) is 30.5 Å². The third-order valence-corrected chi connectivity index (χ3v) is 4.08. The smallest absolute Gasteiger partial charge is 0.224 e. The van der Waals surface area contributed by atoms with Crippen LogP contribution >= 0.6 is 0 Å². The van der Waals surface area contributed by atoms with Gasteiger partial charge in [0.25, 0.3) is 0 Å². The Balaban J connectivity index is 1.88. The van der Waals surface area contributed by atoms with Crippen LogP contribution in [0.25, 0.3) is 0 Å². The van der Waals surface area contributed by atoms with Crippen LogP contribution in [-0.4, -0.2) is 24.9 Å². The number of nitrogens with one attached hydrogen (secondary N) is 1. The third-order valence-electron chi connectivity index (χ3n) is 4.08. The van der Waals surface area contributed by atoms with E-state index in [0.717, 1.165) is 36.3 Å². The molecule has 1 aromatic carbocycles. The van der Waals surface area contributed by atoms with Crippen molar-refractivity contribution in [3.63, 3.8) is 0 Å². The first-order valence-electron chi connectivity index (χ1n) is 6.81. The van der Waals surface area contributed by atoms with E-state index in [4.69, 9.17) is 11.5 Å². The van der Waals surface area contributed by atoms with Crippen LogP contribution in [0, 0.1) is 5.92 Å². The molecule has 0 spiro atoms. The molecule has 0 saturated carbocycles. The highest BCUT2D eigenvalue weighted by Gasteiger charge is 2.28. The summed E-state index contributed by atoms with van der Waals surface area (Å²) in [5.74, 6) is -0.332. The van der Waals surface area contributed by atoms with Crippen molar-refractivity contribution in [2.24, 2.45) is 11.7 Å². The van der Waals surface area contributed by atoms with Gasteiger partial charge in [-0.15, -0.1) is 0 Å². The molecule has 1 aromatic rings. The summed E-state index contributed by atoms with van der Waals surface area (Å²) in [6.45, 7) is 1.40. The lowest BCUT2D eigenvalue weighted by atomic mass is 10.0. The highest BCUT2D eigenvalue weighted by Crippen LogP contribution is 2.35. The first-order chi connectivity index (χ1) is 9.54. The van der Waals surface area contributed by atoms with Gasteiger partial charge in [-0.2, -0.15) is 0 Å². The summed E-state index contributed by atoms with van der Waals surface area (Å²) in [6, 6.07) is 3.83. The van der Waals surface area contributed by atoms with E-state index in [1.54, 1.807) is 6.07 Å². The Morgan fingerprint density at radius 1 is 1.35 bits per heavy atom. The molecule has 0 bridgehead atoms. The molecule has 1 unspecified atom stereocenters. The summed E-state index contributed by atoms with van der Waals surface area (Å²) >= 11 is 0. The Morgan fingerprint density at radius 3 is 2.85 bits per heavy atom. The average Bonchev–Trinajstić information content (AvgIpc) is 2.87. The second-order valence-corrected chi connectivity index (χ2v) is 5.45. The van der Waals surface area contributed by atoms with Crippen molar-refractivity contribution in [1.29, 1.82) is 0 Å². The quantitative estimate of drug-likeness (QED) is 0.682. The zero-order chi connectivity index (χ0) is 14.3. The third kappa shape index (κ3) is 2.17. The number of primary amides is 1. The topological polar surface area (TPSA) is 101 Å². The van der Waals surface area contributed by atoms with Crippen LogP contribution in [0.3, 0.4) is 0 Å². The number of hydrogen-bond acceptors (Lipinski definition) is 4. The maximum Gasteiger partial charge on any atom is 0.224 e. The molecule has 2 heterocycles. The molecule has 0 aromatic heterocycles. The molecule has 0 radical (unpaired) electrons. The number of benzene rings is 1. The zero-order valence-corrected chi connectivity index (χ0v) is 11.2. The Kier molecular flexibility index (Phi) is 3.00. The van der Waals surface area contributed by atoms with Gasteiger partial charge in [-0.25, -0.2) is 0 Å². The lowest BCUT2D eigenvalue weighted by Crippen LogP contribution is -2.28. The Hall–Kier alpha value is -2.24. The highest BCUT2D eigenvalue weighted by atomic mass is 16.2. The van der Waals surface area contributed by atoms with E-state index in [-0.39, 0.29) is 17.7 Å². The van der Waals surface area contributed by atoms with Gasteiger partial charge < -0.3 is 21.7 Å². The molecule has 1 fully saturated rings. The zero-order valence-electron chi connectivity index (χ0n) is 11.2. The molecule has 1 atom stereocenters. The van der Waals surface area contributed by atoms with Gasteiger partial charge in [0.15, 0.2) is 0 Å². The number of nitrogen functional groups attached to an aromatic ring is 1. The second kappa shape index (κ2) is 4.70. The molecule has 0 aliphatic carbocycles. The maximum absolute atomic E-state index is 11.4. The van der Waals surface area contributed by atoms with E-state index < -0.39 is 0 Å². The van der Waals surface area contributed by atoms with E-state index in [1.807, 2.05) is 6.07 Å². The average molecular weight is 274 g/mol. The molecule has 2 aliphatic heterocycles. The molecule has 3 rings (SSSR count). The number of carbonyl (C=O) groups excluding carboxylic acids is 2. The van der Waals surface area contributed by atoms with Gasteiger partial charge in [0.2, 0.25) is 11.8 Å². The van der Waals surface area contributed by atoms with Crippen molar-refractivity contribution in [3.05, 3.63) is 17.7 Å². The van der Waals surface area contributed by atoms with Crippen LogP contribution in [-0.2, 0) is 16.0 Å². The standard InChI is InChI=1S/C14H18N4O2/c15-10-6-11-8(1-2-13(19)17-11)5-12(10)18-4-3-9(7-18)14(16)20/h5-6,9H,1-4,7,15H2,(H2,16,20)(H,17,19). The van der Waals surface area contributed by atoms with Crippen molar-refractivity contribution in [1.82, 2.24) is 0 Å². The number of hydrogen-bond donors (Lipinski definition) is 3. The number of nitrogens with two attached hydrogens (primary N) is 2. The van der Waals surface area contributed by atoms with Crippen LogP contribution in [0.2, 0.25) is 0 Å². The van der Waals surface area contributed by atoms with Crippen molar-refractivity contribution >= 4 is 28.9 Å². The number of amides is 2. The normalized spacial score (nSPS) is 21.5. The molecular weight excluding hydrogens is 256 g/mol. The van der Waals surface area contributed by atoms with Crippen molar-refractivity contribution < 1.29 is 9.59 Å². The molecule has 6 heteroatoms. The molecule has 20 heavy (non-hydrogen) atoms. The Bertz CT molecular complexity index is 585. The predicted octanol–water partition coefficient (Wildman–Crippen LogP) is 0.465. The summed E-state index contributed by atoms with van der Waals surface area (Å²) in [6.07, 6.45) is 1.99. The number of anilines is 3. The molecule has 1 saturated heterocycles. The summed E-state index contributed by atoms with van der Waals surface area (Å²) in [7, 11) is 0. The monoisotopic (exact) mass is 274 g/mol. The van der Waals surface area contributed by atoms with Crippen molar-refractivity contribution in [2.75, 3.05) is 29.0 Å². The molecule has 106 valence electrons. The van der Waals surface area contributed by atoms with E-state index >= 15 is 0 Å². The highest BCUT2D eigenvalue weighted by molar-refractivity contribution is 5.95. The van der Waals surface area contributed by atoms with Crippen LogP contribution in [0.15, 0.2) is 12.1 Å². The van der Waals surface area contributed by atoms with Gasteiger partial charge in [0.05, 0.1) is 17.3 Å². The Morgan fingerprint density at radius 2 is 2.15 bits per heavy atom. The van der Waals surface area contributed by atoms with Crippen LogP contribution in [0.5, 0.6) is 0 Å². The molecule has 2 aliphatic rings. The number of rotatable bonds is 2.